The minimum Gasteiger partial charge on any atom is -0.396 e. The minimum atomic E-state index is 0.120. The van der Waals surface area contributed by atoms with Crippen LogP contribution in [0.25, 0.3) is 0 Å². The number of halogens is 1. The Hall–Kier alpha value is -1.10. The first-order valence-electron chi connectivity index (χ1n) is 8.51. The number of piperidine rings is 1. The molecule has 1 fully saturated rings. The standard InChI is InChI=1S/C18H27ClN2O2/c19-17-8-6-15(7-9-17)3-1-5-18(23)20-10-12-21-11-2-4-16(13-21)14-22/h6-9,16,22H,1-5,10-14H2,(H,20,23)/t16-/m0/s1. The predicted octanol–water partition coefficient (Wildman–Crippen LogP) is 2.48. The van der Waals surface area contributed by atoms with Gasteiger partial charge in [0.05, 0.1) is 0 Å². The molecule has 0 unspecified atom stereocenters. The molecule has 0 bridgehead atoms. The molecule has 0 saturated carbocycles. The zero-order valence-electron chi connectivity index (χ0n) is 13.6. The fourth-order valence-corrected chi connectivity index (χ4v) is 3.18. The lowest BCUT2D eigenvalue weighted by Crippen LogP contribution is -2.41. The van der Waals surface area contributed by atoms with Crippen molar-refractivity contribution in [2.24, 2.45) is 5.92 Å². The Morgan fingerprint density at radius 3 is 2.87 bits per heavy atom. The molecule has 1 saturated heterocycles. The molecule has 0 spiro atoms. The summed E-state index contributed by atoms with van der Waals surface area (Å²) in [6.07, 6.45) is 4.56. The Morgan fingerprint density at radius 2 is 2.13 bits per heavy atom. The molecule has 1 aromatic rings. The van der Waals surface area contributed by atoms with Gasteiger partial charge in [-0.1, -0.05) is 23.7 Å². The molecule has 23 heavy (non-hydrogen) atoms. The van der Waals surface area contributed by atoms with Crippen LogP contribution in [0.1, 0.15) is 31.2 Å². The topological polar surface area (TPSA) is 52.6 Å². The fourth-order valence-electron chi connectivity index (χ4n) is 3.05. The van der Waals surface area contributed by atoms with Crippen LogP contribution in [0.4, 0.5) is 0 Å². The zero-order chi connectivity index (χ0) is 16.5. The SMILES string of the molecule is O=C(CCCc1ccc(Cl)cc1)NCCN1CCC[C@H](CO)C1. The molecule has 4 nitrogen and oxygen atoms in total. The van der Waals surface area contributed by atoms with Crippen molar-refractivity contribution in [3.8, 4) is 0 Å². The van der Waals surface area contributed by atoms with Crippen LogP contribution in [-0.4, -0.2) is 48.7 Å². The average Bonchev–Trinajstić information content (AvgIpc) is 2.57. The monoisotopic (exact) mass is 338 g/mol. The van der Waals surface area contributed by atoms with E-state index >= 15 is 0 Å². The summed E-state index contributed by atoms with van der Waals surface area (Å²) in [6.45, 7) is 3.86. The molecule has 0 radical (unpaired) electrons. The van der Waals surface area contributed by atoms with E-state index in [1.54, 1.807) is 0 Å². The second-order valence-corrected chi connectivity index (χ2v) is 6.76. The van der Waals surface area contributed by atoms with Crippen molar-refractivity contribution < 1.29 is 9.90 Å². The summed E-state index contributed by atoms with van der Waals surface area (Å²) in [6, 6.07) is 7.78. The molecule has 0 aliphatic carbocycles. The van der Waals surface area contributed by atoms with Gasteiger partial charge in [0.1, 0.15) is 0 Å². The van der Waals surface area contributed by atoms with Crippen molar-refractivity contribution in [3.05, 3.63) is 34.9 Å². The summed E-state index contributed by atoms with van der Waals surface area (Å²) < 4.78 is 0. The van der Waals surface area contributed by atoms with E-state index in [1.165, 1.54) is 5.56 Å². The van der Waals surface area contributed by atoms with E-state index in [0.29, 0.717) is 18.9 Å². The van der Waals surface area contributed by atoms with Crippen molar-refractivity contribution in [2.45, 2.75) is 32.1 Å². The molecule has 0 aromatic heterocycles. The zero-order valence-corrected chi connectivity index (χ0v) is 14.4. The highest BCUT2D eigenvalue weighted by Gasteiger charge is 2.18. The van der Waals surface area contributed by atoms with E-state index in [2.05, 4.69) is 10.2 Å². The van der Waals surface area contributed by atoms with E-state index in [9.17, 15) is 9.90 Å². The first-order valence-corrected chi connectivity index (χ1v) is 8.89. The summed E-state index contributed by atoms with van der Waals surface area (Å²) >= 11 is 5.85. The number of carbonyl (C=O) groups excluding carboxylic acids is 1. The maximum absolute atomic E-state index is 11.9. The van der Waals surface area contributed by atoms with Gasteiger partial charge in [-0.05, 0) is 55.8 Å². The molecule has 1 aliphatic heterocycles. The minimum absolute atomic E-state index is 0.120. The summed E-state index contributed by atoms with van der Waals surface area (Å²) in [7, 11) is 0. The highest BCUT2D eigenvalue weighted by atomic mass is 35.5. The lowest BCUT2D eigenvalue weighted by atomic mass is 9.99. The number of carbonyl (C=O) groups is 1. The van der Waals surface area contributed by atoms with Crippen LogP contribution in [0.2, 0.25) is 5.02 Å². The van der Waals surface area contributed by atoms with Gasteiger partial charge in [-0.3, -0.25) is 4.79 Å². The van der Waals surface area contributed by atoms with Gasteiger partial charge in [0.15, 0.2) is 0 Å². The maximum Gasteiger partial charge on any atom is 0.220 e. The summed E-state index contributed by atoms with van der Waals surface area (Å²) in [4.78, 5) is 14.2. The Morgan fingerprint density at radius 1 is 1.35 bits per heavy atom. The summed E-state index contributed by atoms with van der Waals surface area (Å²) in [5.74, 6) is 0.522. The normalized spacial score (nSPS) is 18.8. The van der Waals surface area contributed by atoms with Gasteiger partial charge in [-0.2, -0.15) is 0 Å². The van der Waals surface area contributed by atoms with Crippen molar-refractivity contribution in [1.82, 2.24) is 10.2 Å². The third kappa shape index (κ3) is 6.90. The van der Waals surface area contributed by atoms with E-state index in [1.807, 2.05) is 24.3 Å². The molecule has 1 aliphatic rings. The number of hydrogen-bond acceptors (Lipinski definition) is 3. The molecule has 5 heteroatoms. The van der Waals surface area contributed by atoms with Crippen molar-refractivity contribution in [3.63, 3.8) is 0 Å². The smallest absolute Gasteiger partial charge is 0.220 e. The van der Waals surface area contributed by atoms with Gasteiger partial charge in [0.2, 0.25) is 5.91 Å². The lowest BCUT2D eigenvalue weighted by molar-refractivity contribution is -0.121. The Labute approximate surface area is 143 Å². The van der Waals surface area contributed by atoms with Crippen molar-refractivity contribution >= 4 is 17.5 Å². The van der Waals surface area contributed by atoms with Crippen LogP contribution in [0.15, 0.2) is 24.3 Å². The van der Waals surface area contributed by atoms with Crippen LogP contribution < -0.4 is 5.32 Å². The van der Waals surface area contributed by atoms with Crippen LogP contribution in [0.3, 0.4) is 0 Å². The van der Waals surface area contributed by atoms with Gasteiger partial charge in [-0.15, -0.1) is 0 Å². The van der Waals surface area contributed by atoms with Crippen LogP contribution >= 0.6 is 11.6 Å². The second kappa shape index (κ2) is 9.91. The van der Waals surface area contributed by atoms with Gasteiger partial charge in [0, 0.05) is 37.7 Å². The number of likely N-dealkylation sites (tertiary alicyclic amines) is 1. The fraction of sp³-hybridized carbons (Fsp3) is 0.611. The number of aliphatic hydroxyl groups excluding tert-OH is 1. The molecule has 128 valence electrons. The van der Waals surface area contributed by atoms with Crippen LogP contribution in [0.5, 0.6) is 0 Å². The average molecular weight is 339 g/mol. The van der Waals surface area contributed by atoms with Gasteiger partial charge < -0.3 is 15.3 Å². The Bertz CT molecular complexity index is 478. The second-order valence-electron chi connectivity index (χ2n) is 6.32. The molecular formula is C18H27ClN2O2. The van der Waals surface area contributed by atoms with Crippen LogP contribution in [0, 0.1) is 5.92 Å². The largest absolute Gasteiger partial charge is 0.396 e. The molecular weight excluding hydrogens is 312 g/mol. The molecule has 1 atom stereocenters. The molecule has 2 N–H and O–H groups in total. The molecule has 1 aromatic carbocycles. The van der Waals surface area contributed by atoms with E-state index in [0.717, 1.165) is 50.3 Å². The molecule has 2 rings (SSSR count). The van der Waals surface area contributed by atoms with E-state index in [-0.39, 0.29) is 12.5 Å². The third-order valence-electron chi connectivity index (χ3n) is 4.39. The number of rotatable bonds is 8. The number of nitrogens with zero attached hydrogens (tertiary/aromatic N) is 1. The summed E-state index contributed by atoms with van der Waals surface area (Å²) in [5.41, 5.74) is 1.21. The predicted molar refractivity (Wildman–Crippen MR) is 93.6 cm³/mol. The highest BCUT2D eigenvalue weighted by molar-refractivity contribution is 6.30. The number of nitrogens with one attached hydrogen (secondary N) is 1. The summed E-state index contributed by atoms with van der Waals surface area (Å²) in [5, 5.41) is 13.0. The highest BCUT2D eigenvalue weighted by Crippen LogP contribution is 2.15. The van der Waals surface area contributed by atoms with Gasteiger partial charge in [0.25, 0.3) is 0 Å². The quantitative estimate of drug-likeness (QED) is 0.765. The Balaban J connectivity index is 1.55. The molecule has 1 amide bonds. The van der Waals surface area contributed by atoms with E-state index in [4.69, 9.17) is 11.6 Å². The number of aryl methyl sites for hydroxylation is 1. The number of amides is 1. The van der Waals surface area contributed by atoms with Crippen molar-refractivity contribution in [1.29, 1.82) is 0 Å². The molecule has 1 heterocycles. The third-order valence-corrected chi connectivity index (χ3v) is 4.65. The first-order chi connectivity index (χ1) is 11.2. The number of aliphatic hydroxyl groups is 1. The number of hydrogen-bond donors (Lipinski definition) is 2. The lowest BCUT2D eigenvalue weighted by Gasteiger charge is -2.31. The van der Waals surface area contributed by atoms with Crippen LogP contribution in [-0.2, 0) is 11.2 Å². The van der Waals surface area contributed by atoms with Gasteiger partial charge >= 0.3 is 0 Å². The number of benzene rings is 1. The van der Waals surface area contributed by atoms with Gasteiger partial charge in [-0.25, -0.2) is 0 Å². The van der Waals surface area contributed by atoms with E-state index < -0.39 is 0 Å². The first kappa shape index (κ1) is 18.2. The Kier molecular flexibility index (Phi) is 7.86. The maximum atomic E-state index is 11.9. The van der Waals surface area contributed by atoms with Crippen molar-refractivity contribution in [2.75, 3.05) is 32.8 Å².